The van der Waals surface area contributed by atoms with E-state index in [9.17, 15) is 78.6 Å². The fourth-order valence-electron chi connectivity index (χ4n) is 5.41. The van der Waals surface area contributed by atoms with Crippen LogP contribution in [0.25, 0.3) is 0 Å². The molecule has 0 aliphatic carbocycles. The van der Waals surface area contributed by atoms with Crippen LogP contribution < -0.4 is 43.4 Å². The minimum atomic E-state index is -1.64. The smallest absolute Gasteiger partial charge is 0.326 e. The Morgan fingerprint density at radius 3 is 1.14 bits per heavy atom. The summed E-state index contributed by atoms with van der Waals surface area (Å²) in [6.07, 6.45) is -2.50. The van der Waals surface area contributed by atoms with Gasteiger partial charge in [-0.05, 0) is 61.1 Å². The van der Waals surface area contributed by atoms with Crippen LogP contribution in [0, 0.1) is 0 Å². The summed E-state index contributed by atoms with van der Waals surface area (Å²) in [7, 11) is 1.66. The van der Waals surface area contributed by atoms with Crippen LogP contribution in [0.3, 0.4) is 0 Å². The molecule has 2 rings (SSSR count). The molecular formula is C38H50N8O18S2. The second-order valence-electron chi connectivity index (χ2n) is 14.2. The third-order valence-corrected chi connectivity index (χ3v) is 11.3. The summed E-state index contributed by atoms with van der Waals surface area (Å²) in [5.41, 5.74) is 12.4. The second kappa shape index (κ2) is 27.3. The van der Waals surface area contributed by atoms with Crippen molar-refractivity contribution in [1.82, 2.24) is 31.9 Å². The van der Waals surface area contributed by atoms with E-state index in [1.165, 1.54) is 12.1 Å². The van der Waals surface area contributed by atoms with E-state index in [-0.39, 0.29) is 24.3 Å². The SMILES string of the molecule is NC(Cc1ccc(O)c(O)c1)C(=O)NC(CCC(=O)NC(CSSCC(NC(=O)CCC(NC(=O)C(N)Cc1ccc(O)c(O)c1)C(=O)O)C(=O)NCC(=O)O)C(=O)NCC(=O)O)C(=O)O. The number of phenols is 4. The molecule has 6 atom stereocenters. The lowest BCUT2D eigenvalue weighted by atomic mass is 10.0. The number of benzene rings is 2. The van der Waals surface area contributed by atoms with Gasteiger partial charge in [-0.3, -0.25) is 38.4 Å². The lowest BCUT2D eigenvalue weighted by Gasteiger charge is -2.21. The molecule has 0 radical (unpaired) electrons. The number of carboxylic acids is 4. The van der Waals surface area contributed by atoms with Gasteiger partial charge in [0.05, 0.1) is 12.1 Å². The number of aromatic hydroxyl groups is 4. The average molecular weight is 971 g/mol. The number of carboxylic acid groups (broad SMARTS) is 4. The Morgan fingerprint density at radius 2 is 0.833 bits per heavy atom. The fraction of sp³-hybridized carbons (Fsp3) is 0.421. The average Bonchev–Trinajstić information content (AvgIpc) is 3.24. The lowest BCUT2D eigenvalue weighted by Crippen LogP contribution is -2.51. The summed E-state index contributed by atoms with van der Waals surface area (Å²) >= 11 is 0. The van der Waals surface area contributed by atoms with Crippen LogP contribution in [-0.2, 0) is 60.8 Å². The highest BCUT2D eigenvalue weighted by molar-refractivity contribution is 8.76. The number of nitrogens with two attached hydrogens (primary N) is 2. The molecule has 18 N–H and O–H groups in total. The quantitative estimate of drug-likeness (QED) is 0.0213. The second-order valence-corrected chi connectivity index (χ2v) is 16.7. The Kier molecular flexibility index (Phi) is 22.8. The Labute approximate surface area is 382 Å². The first-order valence-corrected chi connectivity index (χ1v) is 21.9. The fourth-order valence-corrected chi connectivity index (χ4v) is 7.74. The number of amides is 6. The summed E-state index contributed by atoms with van der Waals surface area (Å²) in [6, 6.07) is -1.46. The van der Waals surface area contributed by atoms with Crippen molar-refractivity contribution in [3.63, 3.8) is 0 Å². The van der Waals surface area contributed by atoms with Crippen molar-refractivity contribution in [2.45, 2.75) is 74.8 Å². The number of aliphatic carboxylic acids is 4. The standard InChI is InChI=1S/C38H50N8O18S2/c39-19(9-17-1-5-25(47)27(49)11-17)33(57)45-21(37(61)62)3-7-29(51)43-23(35(59)41-13-31(53)54)15-65-66-16-24(36(60)42-14-32(55)56)44-30(52)8-4-22(38(63)64)46-34(58)20(40)10-18-2-6-26(48)28(50)12-18/h1-2,5-6,11-12,19-24,47-50H,3-4,7-10,13-16,39-40H2,(H,41,59)(H,42,60)(H,43,51)(H,44,52)(H,45,57)(H,46,58)(H,53,54)(H,55,56)(H,61,62)(H,63,64). The Hall–Kier alpha value is -7.04. The van der Waals surface area contributed by atoms with Crippen LogP contribution in [0.4, 0.5) is 0 Å². The molecule has 0 saturated heterocycles. The van der Waals surface area contributed by atoms with E-state index in [1.54, 1.807) is 0 Å². The lowest BCUT2D eigenvalue weighted by molar-refractivity contribution is -0.143. The zero-order valence-electron chi connectivity index (χ0n) is 34.6. The van der Waals surface area contributed by atoms with E-state index in [1.807, 2.05) is 0 Å². The predicted octanol–water partition coefficient (Wildman–Crippen LogP) is -3.60. The van der Waals surface area contributed by atoms with Crippen molar-refractivity contribution in [2.24, 2.45) is 11.5 Å². The maximum absolute atomic E-state index is 12.9. The van der Waals surface area contributed by atoms with E-state index in [4.69, 9.17) is 21.7 Å². The van der Waals surface area contributed by atoms with Crippen LogP contribution in [0.15, 0.2) is 36.4 Å². The minimum Gasteiger partial charge on any atom is -0.504 e. The van der Waals surface area contributed by atoms with Gasteiger partial charge in [0, 0.05) is 24.3 Å². The number of phenolic OH excluding ortho intramolecular Hbond substituents is 4. The molecule has 6 unspecified atom stereocenters. The van der Waals surface area contributed by atoms with E-state index in [0.717, 1.165) is 45.9 Å². The molecule has 0 aliphatic rings. The van der Waals surface area contributed by atoms with Gasteiger partial charge in [0.25, 0.3) is 0 Å². The van der Waals surface area contributed by atoms with E-state index in [2.05, 4.69) is 31.9 Å². The maximum Gasteiger partial charge on any atom is 0.326 e. The molecule has 0 saturated carbocycles. The molecule has 0 heterocycles. The molecule has 0 bridgehead atoms. The number of carbonyl (C=O) groups is 10. The number of carbonyl (C=O) groups excluding carboxylic acids is 6. The molecule has 0 aliphatic heterocycles. The topological polar surface area (TPSA) is 457 Å². The van der Waals surface area contributed by atoms with Gasteiger partial charge in [0.1, 0.15) is 37.3 Å². The predicted molar refractivity (Wildman–Crippen MR) is 231 cm³/mol. The molecule has 6 amide bonds. The Bertz CT molecular complexity index is 1970. The number of hydrogen-bond acceptors (Lipinski definition) is 18. The summed E-state index contributed by atoms with van der Waals surface area (Å²) in [4.78, 5) is 123. The van der Waals surface area contributed by atoms with Crippen molar-refractivity contribution in [2.75, 3.05) is 24.6 Å². The van der Waals surface area contributed by atoms with Gasteiger partial charge in [0.15, 0.2) is 23.0 Å². The highest BCUT2D eigenvalue weighted by Gasteiger charge is 2.29. The van der Waals surface area contributed by atoms with Crippen molar-refractivity contribution in [3.05, 3.63) is 47.5 Å². The molecule has 2 aromatic carbocycles. The van der Waals surface area contributed by atoms with E-state index in [0.29, 0.717) is 11.1 Å². The summed E-state index contributed by atoms with van der Waals surface area (Å²) in [5, 5.41) is 88.9. The third-order valence-electron chi connectivity index (χ3n) is 8.90. The molecule has 66 heavy (non-hydrogen) atoms. The highest BCUT2D eigenvalue weighted by atomic mass is 33.1. The zero-order chi connectivity index (χ0) is 49.7. The summed E-state index contributed by atoms with van der Waals surface area (Å²) in [5.74, 6) is -14.0. The van der Waals surface area contributed by atoms with Crippen molar-refractivity contribution >= 4 is 80.9 Å². The van der Waals surface area contributed by atoms with Gasteiger partial charge >= 0.3 is 23.9 Å². The highest BCUT2D eigenvalue weighted by Crippen LogP contribution is 2.27. The van der Waals surface area contributed by atoms with Crippen LogP contribution in [0.2, 0.25) is 0 Å². The summed E-state index contributed by atoms with van der Waals surface area (Å²) in [6.45, 7) is -1.72. The molecule has 26 nitrogen and oxygen atoms in total. The van der Waals surface area contributed by atoms with Gasteiger partial charge in [-0.25, -0.2) is 9.59 Å². The van der Waals surface area contributed by atoms with Gasteiger partial charge in [-0.2, -0.15) is 0 Å². The maximum atomic E-state index is 12.9. The van der Waals surface area contributed by atoms with Crippen LogP contribution in [0.1, 0.15) is 36.8 Å². The van der Waals surface area contributed by atoms with Gasteiger partial charge < -0.3 is 84.2 Å². The van der Waals surface area contributed by atoms with E-state index < -0.39 is 157 Å². The molecular weight excluding hydrogens is 921 g/mol. The first kappa shape index (κ1) is 55.1. The van der Waals surface area contributed by atoms with Crippen molar-refractivity contribution in [3.8, 4) is 23.0 Å². The Balaban J connectivity index is 2.04. The molecule has 0 fully saturated rings. The molecule has 362 valence electrons. The summed E-state index contributed by atoms with van der Waals surface area (Å²) < 4.78 is 0. The van der Waals surface area contributed by atoms with Gasteiger partial charge in [-0.15, -0.1) is 0 Å². The first-order valence-electron chi connectivity index (χ1n) is 19.4. The molecule has 0 aromatic heterocycles. The molecule has 28 heteroatoms. The van der Waals surface area contributed by atoms with Gasteiger partial charge in [-0.1, -0.05) is 33.7 Å². The van der Waals surface area contributed by atoms with E-state index >= 15 is 0 Å². The molecule has 2 aromatic rings. The normalized spacial score (nSPS) is 13.5. The molecule has 0 spiro atoms. The monoisotopic (exact) mass is 970 g/mol. The first-order chi connectivity index (χ1) is 31.0. The van der Waals surface area contributed by atoms with Gasteiger partial charge in [0.2, 0.25) is 35.4 Å². The number of rotatable bonds is 29. The zero-order valence-corrected chi connectivity index (χ0v) is 36.3. The largest absolute Gasteiger partial charge is 0.504 e. The third kappa shape index (κ3) is 20.2. The van der Waals surface area contributed by atoms with Crippen LogP contribution in [-0.4, -0.2) is 161 Å². The Morgan fingerprint density at radius 1 is 0.485 bits per heavy atom. The number of nitrogens with one attached hydrogen (secondary N) is 6. The minimum absolute atomic E-state index is 0.167. The van der Waals surface area contributed by atoms with Crippen molar-refractivity contribution < 1.29 is 88.8 Å². The van der Waals surface area contributed by atoms with Crippen LogP contribution in [0.5, 0.6) is 23.0 Å². The van der Waals surface area contributed by atoms with Crippen molar-refractivity contribution in [1.29, 1.82) is 0 Å². The number of hydrogen-bond donors (Lipinski definition) is 16. The van der Waals surface area contributed by atoms with Crippen LogP contribution >= 0.6 is 21.6 Å².